The number of carbonyl (C=O) groups excluding carboxylic acids is 1. The number of alkyl halides is 1. The molecule has 1 heterocycles. The highest BCUT2D eigenvalue weighted by molar-refractivity contribution is 9.09. The quantitative estimate of drug-likeness (QED) is 0.810. The van der Waals surface area contributed by atoms with Crippen molar-refractivity contribution in [3.05, 3.63) is 5.82 Å². The minimum atomic E-state index is 0.0534. The molecule has 19 heavy (non-hydrogen) atoms. The fourth-order valence-electron chi connectivity index (χ4n) is 2.43. The van der Waals surface area contributed by atoms with Gasteiger partial charge in [0.1, 0.15) is 0 Å². The minimum absolute atomic E-state index is 0.0534. The van der Waals surface area contributed by atoms with Crippen LogP contribution in [0.4, 0.5) is 0 Å². The Morgan fingerprint density at radius 3 is 2.89 bits per heavy atom. The van der Waals surface area contributed by atoms with Crippen molar-refractivity contribution in [2.75, 3.05) is 5.33 Å². The molecule has 1 N–H and O–H groups in total. The monoisotopic (exact) mass is 329 g/mol. The number of halogens is 1. The van der Waals surface area contributed by atoms with Gasteiger partial charge in [0.05, 0.1) is 12.6 Å². The molecule has 1 aromatic rings. The molecular formula is C12H20BrN5O. The lowest BCUT2D eigenvalue weighted by Gasteiger charge is -2.22. The number of rotatable bonds is 6. The zero-order chi connectivity index (χ0) is 13.5. The van der Waals surface area contributed by atoms with Crippen molar-refractivity contribution < 1.29 is 4.79 Å². The number of carbonyl (C=O) groups is 1. The van der Waals surface area contributed by atoms with Gasteiger partial charge in [0.25, 0.3) is 0 Å². The standard InChI is InChI=1S/C12H20BrN5O/c13-8-4-7-12(19)14-9-11-15-16-17-18(11)10-5-2-1-3-6-10/h10H,1-9H2,(H,14,19). The summed E-state index contributed by atoms with van der Waals surface area (Å²) in [7, 11) is 0. The number of hydrogen-bond acceptors (Lipinski definition) is 4. The van der Waals surface area contributed by atoms with E-state index in [1.165, 1.54) is 19.3 Å². The third-order valence-electron chi connectivity index (χ3n) is 3.46. The molecule has 1 aliphatic carbocycles. The molecule has 1 aromatic heterocycles. The Labute approximate surface area is 121 Å². The highest BCUT2D eigenvalue weighted by Gasteiger charge is 2.19. The summed E-state index contributed by atoms with van der Waals surface area (Å²) in [5.41, 5.74) is 0. The summed E-state index contributed by atoms with van der Waals surface area (Å²) in [5, 5.41) is 15.6. The van der Waals surface area contributed by atoms with E-state index in [0.29, 0.717) is 19.0 Å². The van der Waals surface area contributed by atoms with Gasteiger partial charge in [0.15, 0.2) is 5.82 Å². The molecule has 0 unspecified atom stereocenters. The van der Waals surface area contributed by atoms with Gasteiger partial charge in [-0.3, -0.25) is 4.79 Å². The van der Waals surface area contributed by atoms with E-state index >= 15 is 0 Å². The maximum absolute atomic E-state index is 11.6. The summed E-state index contributed by atoms with van der Waals surface area (Å²) in [6, 6.07) is 0.401. The van der Waals surface area contributed by atoms with Crippen LogP contribution in [0.1, 0.15) is 56.8 Å². The first-order valence-electron chi connectivity index (χ1n) is 6.90. The molecule has 0 atom stereocenters. The summed E-state index contributed by atoms with van der Waals surface area (Å²) in [5.74, 6) is 0.816. The van der Waals surface area contributed by atoms with Crippen molar-refractivity contribution >= 4 is 21.8 Å². The molecule has 1 aliphatic rings. The molecule has 2 rings (SSSR count). The number of hydrogen-bond donors (Lipinski definition) is 1. The van der Waals surface area contributed by atoms with Crippen molar-refractivity contribution in [2.45, 2.75) is 57.5 Å². The predicted molar refractivity (Wildman–Crippen MR) is 74.8 cm³/mol. The van der Waals surface area contributed by atoms with Crippen molar-refractivity contribution in [2.24, 2.45) is 0 Å². The first-order chi connectivity index (χ1) is 9.31. The van der Waals surface area contributed by atoms with Crippen LogP contribution in [-0.2, 0) is 11.3 Å². The van der Waals surface area contributed by atoms with Crippen LogP contribution < -0.4 is 5.32 Å². The van der Waals surface area contributed by atoms with Crippen LogP contribution in [0.15, 0.2) is 0 Å². The second-order valence-corrected chi connectivity index (χ2v) is 5.69. The second kappa shape index (κ2) is 7.57. The SMILES string of the molecule is O=C(CCCBr)NCc1nnnn1C1CCCCC1. The van der Waals surface area contributed by atoms with Crippen LogP contribution in [0, 0.1) is 0 Å². The van der Waals surface area contributed by atoms with Crippen molar-refractivity contribution in [3.8, 4) is 0 Å². The van der Waals surface area contributed by atoms with Gasteiger partial charge >= 0.3 is 0 Å². The molecule has 0 aliphatic heterocycles. The molecule has 1 saturated carbocycles. The summed E-state index contributed by atoms with van der Waals surface area (Å²) < 4.78 is 1.89. The molecule has 0 radical (unpaired) electrons. The summed E-state index contributed by atoms with van der Waals surface area (Å²) in [4.78, 5) is 11.6. The second-order valence-electron chi connectivity index (χ2n) is 4.90. The van der Waals surface area contributed by atoms with E-state index in [-0.39, 0.29) is 5.91 Å². The zero-order valence-electron chi connectivity index (χ0n) is 11.0. The van der Waals surface area contributed by atoms with Crippen molar-refractivity contribution in [1.29, 1.82) is 0 Å². The third-order valence-corrected chi connectivity index (χ3v) is 4.02. The molecule has 0 aromatic carbocycles. The minimum Gasteiger partial charge on any atom is -0.349 e. The maximum atomic E-state index is 11.6. The van der Waals surface area contributed by atoms with Gasteiger partial charge in [0, 0.05) is 11.8 Å². The van der Waals surface area contributed by atoms with E-state index in [2.05, 4.69) is 36.8 Å². The summed E-state index contributed by atoms with van der Waals surface area (Å²) in [6.45, 7) is 0.421. The lowest BCUT2D eigenvalue weighted by Crippen LogP contribution is -2.26. The number of tetrazole rings is 1. The molecule has 7 heteroatoms. The van der Waals surface area contributed by atoms with Gasteiger partial charge < -0.3 is 5.32 Å². The van der Waals surface area contributed by atoms with E-state index in [4.69, 9.17) is 0 Å². The molecule has 0 saturated heterocycles. The lowest BCUT2D eigenvalue weighted by atomic mass is 9.95. The van der Waals surface area contributed by atoms with Gasteiger partial charge in [-0.25, -0.2) is 4.68 Å². The summed E-state index contributed by atoms with van der Waals surface area (Å²) >= 11 is 3.31. The first-order valence-corrected chi connectivity index (χ1v) is 8.03. The molecule has 106 valence electrons. The molecule has 0 bridgehead atoms. The highest BCUT2D eigenvalue weighted by atomic mass is 79.9. The average Bonchev–Trinajstić information content (AvgIpc) is 2.92. The summed E-state index contributed by atoms with van der Waals surface area (Å²) in [6.07, 6.45) is 7.43. The maximum Gasteiger partial charge on any atom is 0.220 e. The number of nitrogens with one attached hydrogen (secondary N) is 1. The van der Waals surface area contributed by atoms with Crippen LogP contribution in [0.3, 0.4) is 0 Å². The number of amides is 1. The van der Waals surface area contributed by atoms with E-state index in [1.54, 1.807) is 0 Å². The van der Waals surface area contributed by atoms with Gasteiger partial charge in [-0.15, -0.1) is 5.10 Å². The molecular weight excluding hydrogens is 310 g/mol. The topological polar surface area (TPSA) is 72.7 Å². The van der Waals surface area contributed by atoms with E-state index < -0.39 is 0 Å². The molecule has 1 amide bonds. The molecule has 1 fully saturated rings. The van der Waals surface area contributed by atoms with Gasteiger partial charge in [0.2, 0.25) is 5.91 Å². The van der Waals surface area contributed by atoms with E-state index in [0.717, 1.165) is 30.4 Å². The third kappa shape index (κ3) is 4.26. The first kappa shape index (κ1) is 14.4. The Hall–Kier alpha value is -0.980. The Bertz CT molecular complexity index is 403. The smallest absolute Gasteiger partial charge is 0.220 e. The van der Waals surface area contributed by atoms with Gasteiger partial charge in [-0.1, -0.05) is 35.2 Å². The van der Waals surface area contributed by atoms with Crippen LogP contribution in [0.5, 0.6) is 0 Å². The fraction of sp³-hybridized carbons (Fsp3) is 0.833. The van der Waals surface area contributed by atoms with Gasteiger partial charge in [-0.05, 0) is 29.7 Å². The van der Waals surface area contributed by atoms with E-state index in [9.17, 15) is 4.79 Å². The van der Waals surface area contributed by atoms with E-state index in [1.807, 2.05) is 4.68 Å². The number of aromatic nitrogens is 4. The fourth-order valence-corrected chi connectivity index (χ4v) is 2.71. The number of nitrogens with zero attached hydrogens (tertiary/aromatic N) is 4. The lowest BCUT2D eigenvalue weighted by molar-refractivity contribution is -0.121. The Kier molecular flexibility index (Phi) is 5.75. The van der Waals surface area contributed by atoms with Crippen molar-refractivity contribution in [3.63, 3.8) is 0 Å². The predicted octanol–water partition coefficient (Wildman–Crippen LogP) is 1.97. The van der Waals surface area contributed by atoms with Crippen LogP contribution in [-0.4, -0.2) is 31.4 Å². The van der Waals surface area contributed by atoms with Crippen LogP contribution in [0.25, 0.3) is 0 Å². The zero-order valence-corrected chi connectivity index (χ0v) is 12.6. The Balaban J connectivity index is 1.86. The average molecular weight is 330 g/mol. The Morgan fingerprint density at radius 1 is 1.37 bits per heavy atom. The normalized spacial score (nSPS) is 16.5. The van der Waals surface area contributed by atoms with Crippen molar-refractivity contribution in [1.82, 2.24) is 25.5 Å². The molecule has 6 nitrogen and oxygen atoms in total. The van der Waals surface area contributed by atoms with Gasteiger partial charge in [-0.2, -0.15) is 0 Å². The van der Waals surface area contributed by atoms with Crippen LogP contribution in [0.2, 0.25) is 0 Å². The highest BCUT2D eigenvalue weighted by Crippen LogP contribution is 2.27. The Morgan fingerprint density at radius 2 is 2.16 bits per heavy atom. The van der Waals surface area contributed by atoms with Crippen LogP contribution >= 0.6 is 15.9 Å². The largest absolute Gasteiger partial charge is 0.349 e. The molecule has 0 spiro atoms.